The Balaban J connectivity index is 1.99. The van der Waals surface area contributed by atoms with Crippen molar-refractivity contribution in [1.29, 1.82) is 0 Å². The van der Waals surface area contributed by atoms with Crippen LogP contribution in [0, 0.1) is 12.7 Å². The van der Waals surface area contributed by atoms with E-state index in [-0.39, 0.29) is 17.2 Å². The van der Waals surface area contributed by atoms with E-state index in [0.717, 1.165) is 6.07 Å². The van der Waals surface area contributed by atoms with Gasteiger partial charge in [-0.2, -0.15) is 5.10 Å². The maximum atomic E-state index is 13.9. The monoisotopic (exact) mass is 476 g/mol. The van der Waals surface area contributed by atoms with Crippen molar-refractivity contribution < 1.29 is 22.9 Å². The molecule has 2 amide bonds. The van der Waals surface area contributed by atoms with Gasteiger partial charge in [-0.3, -0.25) is 14.3 Å². The van der Waals surface area contributed by atoms with Gasteiger partial charge >= 0.3 is 0 Å². The van der Waals surface area contributed by atoms with E-state index >= 15 is 0 Å². The minimum atomic E-state index is -2.76. The first kappa shape index (κ1) is 24.0. The standard InChI is InChI=1S/C21H25FN6O4S/c1-6-23-20(29)13(3)32-17-9-14(22)7-8-16(17)26-19-18-12(2)15(10-28(18)25-11-24-19)21(30)27-33(4,5)31/h7-11,13H,4,6H2,1-3,5H3,(H,23,29)(H,24,25,26)(H,27,30,31). The third-order valence-electron chi connectivity index (χ3n) is 4.60. The summed E-state index contributed by atoms with van der Waals surface area (Å²) in [7, 11) is -2.76. The maximum Gasteiger partial charge on any atom is 0.264 e. The third-order valence-corrected chi connectivity index (χ3v) is 5.22. The molecule has 1 aromatic carbocycles. The van der Waals surface area contributed by atoms with Gasteiger partial charge in [-0.05, 0) is 44.3 Å². The maximum absolute atomic E-state index is 13.9. The number of anilines is 2. The van der Waals surface area contributed by atoms with Crippen molar-refractivity contribution in [2.24, 2.45) is 0 Å². The number of aromatic nitrogens is 3. The predicted molar refractivity (Wildman–Crippen MR) is 125 cm³/mol. The van der Waals surface area contributed by atoms with Gasteiger partial charge in [0.2, 0.25) is 0 Å². The van der Waals surface area contributed by atoms with E-state index in [1.54, 1.807) is 20.8 Å². The first-order valence-corrected chi connectivity index (χ1v) is 12.1. The zero-order valence-electron chi connectivity index (χ0n) is 18.6. The van der Waals surface area contributed by atoms with Crippen LogP contribution in [0.1, 0.15) is 29.8 Å². The third kappa shape index (κ3) is 5.58. The Bertz CT molecular complexity index is 1320. The van der Waals surface area contributed by atoms with Gasteiger partial charge in [0.1, 0.15) is 23.4 Å². The highest BCUT2D eigenvalue weighted by molar-refractivity contribution is 7.98. The van der Waals surface area contributed by atoms with E-state index in [2.05, 4.69) is 31.3 Å². The van der Waals surface area contributed by atoms with Crippen molar-refractivity contribution in [3.63, 3.8) is 0 Å². The molecule has 176 valence electrons. The minimum Gasteiger partial charge on any atom is -0.479 e. The molecule has 0 aliphatic heterocycles. The van der Waals surface area contributed by atoms with Crippen LogP contribution in [0.4, 0.5) is 15.9 Å². The summed E-state index contributed by atoms with van der Waals surface area (Å²) >= 11 is 0. The summed E-state index contributed by atoms with van der Waals surface area (Å²) in [6, 6.07) is 3.85. The fourth-order valence-corrected chi connectivity index (χ4v) is 3.62. The van der Waals surface area contributed by atoms with Crippen molar-refractivity contribution in [3.05, 3.63) is 47.7 Å². The molecule has 0 bridgehead atoms. The van der Waals surface area contributed by atoms with Crippen LogP contribution in [0.2, 0.25) is 0 Å². The number of nitrogens with one attached hydrogen (secondary N) is 3. The number of benzene rings is 1. The van der Waals surface area contributed by atoms with Crippen LogP contribution in [-0.2, 0) is 14.5 Å². The minimum absolute atomic E-state index is 0.107. The molecular formula is C21H25FN6O4S. The molecule has 0 aliphatic carbocycles. The summed E-state index contributed by atoms with van der Waals surface area (Å²) in [5.41, 5.74) is 1.60. The van der Waals surface area contributed by atoms with Crippen LogP contribution in [0.15, 0.2) is 30.7 Å². The molecule has 2 unspecified atom stereocenters. The van der Waals surface area contributed by atoms with Gasteiger partial charge in [-0.15, -0.1) is 0 Å². The topological polar surface area (TPSA) is 127 Å². The summed E-state index contributed by atoms with van der Waals surface area (Å²) in [5.74, 6) is 2.41. The van der Waals surface area contributed by atoms with Crippen molar-refractivity contribution in [2.75, 3.05) is 18.1 Å². The zero-order valence-corrected chi connectivity index (χ0v) is 19.5. The molecular weight excluding hydrogens is 451 g/mol. The van der Waals surface area contributed by atoms with Crippen LogP contribution < -0.4 is 20.1 Å². The fourth-order valence-electron chi connectivity index (χ4n) is 3.12. The number of hydrogen-bond donors (Lipinski definition) is 3. The highest BCUT2D eigenvalue weighted by atomic mass is 32.2. The molecule has 0 saturated carbocycles. The number of carbonyl (C=O) groups is 2. The van der Waals surface area contributed by atoms with Gasteiger partial charge in [0, 0.05) is 34.8 Å². The van der Waals surface area contributed by atoms with Crippen molar-refractivity contribution in [3.8, 4) is 5.75 Å². The van der Waals surface area contributed by atoms with Crippen molar-refractivity contribution in [2.45, 2.75) is 26.9 Å². The normalized spacial score (nSPS) is 13.7. The van der Waals surface area contributed by atoms with Crippen LogP contribution in [0.5, 0.6) is 5.75 Å². The molecule has 12 heteroatoms. The molecule has 0 fully saturated rings. The summed E-state index contributed by atoms with van der Waals surface area (Å²) in [6.45, 7) is 5.46. The van der Waals surface area contributed by atoms with E-state index in [1.807, 2.05) is 0 Å². The SMILES string of the molecule is C=S(C)(=O)NC(=O)c1cn2ncnc(Nc3ccc(F)cc3OC(C)C(=O)NCC)c2c1C. The molecule has 0 saturated heterocycles. The second kappa shape index (κ2) is 9.45. The highest BCUT2D eigenvalue weighted by Gasteiger charge is 2.21. The Labute approximate surface area is 190 Å². The molecule has 2 heterocycles. The molecule has 3 aromatic rings. The molecule has 0 radical (unpaired) electrons. The van der Waals surface area contributed by atoms with Gasteiger partial charge in [-0.1, -0.05) is 0 Å². The van der Waals surface area contributed by atoms with Gasteiger partial charge in [0.05, 0.1) is 11.3 Å². The fraction of sp³-hybridized carbons (Fsp3) is 0.286. The average molecular weight is 477 g/mol. The van der Waals surface area contributed by atoms with Crippen LogP contribution in [-0.4, -0.2) is 55.4 Å². The van der Waals surface area contributed by atoms with Crippen molar-refractivity contribution in [1.82, 2.24) is 24.6 Å². The van der Waals surface area contributed by atoms with Crippen molar-refractivity contribution >= 4 is 44.4 Å². The summed E-state index contributed by atoms with van der Waals surface area (Å²) in [4.78, 5) is 28.8. The highest BCUT2D eigenvalue weighted by Crippen LogP contribution is 2.32. The Kier molecular flexibility index (Phi) is 6.86. The molecule has 3 N–H and O–H groups in total. The molecule has 0 aliphatic rings. The number of likely N-dealkylation sites (N-methyl/N-ethyl adjacent to an activating group) is 1. The zero-order chi connectivity index (χ0) is 24.3. The lowest BCUT2D eigenvalue weighted by molar-refractivity contribution is -0.127. The van der Waals surface area contributed by atoms with Crippen LogP contribution >= 0.6 is 0 Å². The Morgan fingerprint density at radius 2 is 2.09 bits per heavy atom. The average Bonchev–Trinajstić information content (AvgIpc) is 3.06. The van der Waals surface area contributed by atoms with E-state index in [1.165, 1.54) is 35.4 Å². The predicted octanol–water partition coefficient (Wildman–Crippen LogP) is 1.81. The number of hydrogen-bond acceptors (Lipinski definition) is 7. The lowest BCUT2D eigenvalue weighted by Crippen LogP contribution is -2.36. The smallest absolute Gasteiger partial charge is 0.264 e. The Hall–Kier alpha value is -3.67. The van der Waals surface area contributed by atoms with E-state index in [9.17, 15) is 18.2 Å². The Morgan fingerprint density at radius 3 is 2.76 bits per heavy atom. The number of halogens is 1. The summed E-state index contributed by atoms with van der Waals surface area (Å²) < 4.78 is 35.3. The lowest BCUT2D eigenvalue weighted by Gasteiger charge is -2.18. The van der Waals surface area contributed by atoms with Gasteiger partial charge in [0.25, 0.3) is 11.8 Å². The van der Waals surface area contributed by atoms with Gasteiger partial charge in [-0.25, -0.2) is 18.1 Å². The van der Waals surface area contributed by atoms with E-state index in [0.29, 0.717) is 29.1 Å². The largest absolute Gasteiger partial charge is 0.479 e. The van der Waals surface area contributed by atoms with Gasteiger partial charge < -0.3 is 15.4 Å². The quantitative estimate of drug-likeness (QED) is 0.423. The molecule has 10 nitrogen and oxygen atoms in total. The van der Waals surface area contributed by atoms with Crippen LogP contribution in [0.25, 0.3) is 5.52 Å². The number of rotatable bonds is 8. The molecule has 33 heavy (non-hydrogen) atoms. The molecule has 0 spiro atoms. The second-order valence-corrected chi connectivity index (χ2v) is 9.64. The summed E-state index contributed by atoms with van der Waals surface area (Å²) in [6.07, 6.45) is 3.22. The summed E-state index contributed by atoms with van der Waals surface area (Å²) in [5, 5.41) is 9.84. The van der Waals surface area contributed by atoms with E-state index < -0.39 is 27.5 Å². The Morgan fingerprint density at radius 1 is 1.36 bits per heavy atom. The number of ether oxygens (including phenoxy) is 1. The van der Waals surface area contributed by atoms with Crippen LogP contribution in [0.3, 0.4) is 0 Å². The number of carbonyl (C=O) groups excluding carboxylic acids is 2. The molecule has 2 atom stereocenters. The first-order valence-electron chi connectivity index (χ1n) is 9.98. The lowest BCUT2D eigenvalue weighted by atomic mass is 10.2. The van der Waals surface area contributed by atoms with E-state index in [4.69, 9.17) is 4.74 Å². The number of aryl methyl sites for hydroxylation is 1. The molecule has 2 aromatic heterocycles. The number of nitrogens with zero attached hydrogens (tertiary/aromatic N) is 3. The first-order chi connectivity index (χ1) is 15.5. The molecule has 3 rings (SSSR count). The van der Waals surface area contributed by atoms with Gasteiger partial charge in [0.15, 0.2) is 11.9 Å². The number of amides is 2. The number of fused-ring (bicyclic) bond motifs is 1. The second-order valence-electron chi connectivity index (χ2n) is 7.43.